The van der Waals surface area contributed by atoms with Crippen molar-refractivity contribution in [2.75, 3.05) is 11.9 Å². The van der Waals surface area contributed by atoms with Crippen molar-refractivity contribution in [2.45, 2.75) is 19.9 Å². The molecule has 2 N–H and O–H groups in total. The van der Waals surface area contributed by atoms with Crippen molar-refractivity contribution >= 4 is 28.5 Å². The fraction of sp³-hybridized carbons (Fsp3) is 0.174. The van der Waals surface area contributed by atoms with Crippen LogP contribution in [0, 0.1) is 6.92 Å². The molecular weight excluding hydrogens is 378 g/mol. The molecule has 1 aliphatic heterocycles. The lowest BCUT2D eigenvalue weighted by molar-refractivity contribution is 0.0919. The normalized spacial score (nSPS) is 15.7. The number of rotatable bonds is 3. The van der Waals surface area contributed by atoms with E-state index in [0.717, 1.165) is 22.3 Å². The van der Waals surface area contributed by atoms with E-state index in [4.69, 9.17) is 0 Å². The second-order valence-corrected chi connectivity index (χ2v) is 7.60. The lowest BCUT2D eigenvalue weighted by Crippen LogP contribution is -2.37. The van der Waals surface area contributed by atoms with Crippen molar-refractivity contribution < 1.29 is 9.59 Å². The molecule has 0 spiro atoms. The summed E-state index contributed by atoms with van der Waals surface area (Å²) in [6.07, 6.45) is 0. The summed E-state index contributed by atoms with van der Waals surface area (Å²) in [5.74, 6) is 0.295. The van der Waals surface area contributed by atoms with E-state index in [2.05, 4.69) is 22.7 Å². The van der Waals surface area contributed by atoms with Gasteiger partial charge in [-0.2, -0.15) is 5.10 Å². The highest BCUT2D eigenvalue weighted by molar-refractivity contribution is 6.07. The number of fused-ring (bicyclic) bond motifs is 3. The van der Waals surface area contributed by atoms with Crippen LogP contribution in [0.4, 0.5) is 5.82 Å². The first-order chi connectivity index (χ1) is 14.5. The lowest BCUT2D eigenvalue weighted by atomic mass is 10.1. The van der Waals surface area contributed by atoms with Crippen LogP contribution in [0.3, 0.4) is 0 Å². The molecule has 7 heteroatoms. The van der Waals surface area contributed by atoms with Crippen molar-refractivity contribution in [3.05, 3.63) is 77.6 Å². The topological polar surface area (TPSA) is 81.0 Å². The SMILES string of the molecule is Cc1cc(NC(=O)c2ccc3cc4n(c3c2)C(C)CNC4=O)n(-c2ccccc2)n1. The van der Waals surface area contributed by atoms with E-state index in [9.17, 15) is 9.59 Å². The van der Waals surface area contributed by atoms with Gasteiger partial charge in [0.25, 0.3) is 11.8 Å². The van der Waals surface area contributed by atoms with E-state index in [-0.39, 0.29) is 17.9 Å². The summed E-state index contributed by atoms with van der Waals surface area (Å²) < 4.78 is 3.72. The number of amides is 2. The van der Waals surface area contributed by atoms with Crippen LogP contribution in [-0.2, 0) is 0 Å². The minimum atomic E-state index is -0.225. The van der Waals surface area contributed by atoms with Crippen LogP contribution in [0.15, 0.2) is 60.7 Å². The number of aryl methyl sites for hydroxylation is 1. The first-order valence-corrected chi connectivity index (χ1v) is 9.88. The van der Waals surface area contributed by atoms with Crippen molar-refractivity contribution in [3.63, 3.8) is 0 Å². The Morgan fingerprint density at radius 2 is 1.93 bits per heavy atom. The smallest absolute Gasteiger partial charge is 0.268 e. The molecule has 1 aliphatic rings. The van der Waals surface area contributed by atoms with Crippen LogP contribution >= 0.6 is 0 Å². The second-order valence-electron chi connectivity index (χ2n) is 7.60. The number of carbonyl (C=O) groups excluding carboxylic acids is 2. The maximum atomic E-state index is 13.0. The molecule has 30 heavy (non-hydrogen) atoms. The largest absolute Gasteiger partial charge is 0.349 e. The molecule has 150 valence electrons. The number of hydrogen-bond acceptors (Lipinski definition) is 3. The highest BCUT2D eigenvalue weighted by Crippen LogP contribution is 2.28. The molecule has 2 aromatic heterocycles. The van der Waals surface area contributed by atoms with E-state index in [1.165, 1.54) is 0 Å². The van der Waals surface area contributed by atoms with Gasteiger partial charge in [0, 0.05) is 35.1 Å². The number of para-hydroxylation sites is 1. The van der Waals surface area contributed by atoms with Crippen LogP contribution in [-0.4, -0.2) is 32.7 Å². The molecule has 4 aromatic rings. The molecule has 1 unspecified atom stereocenters. The van der Waals surface area contributed by atoms with Gasteiger partial charge in [0.05, 0.1) is 11.4 Å². The lowest BCUT2D eigenvalue weighted by Gasteiger charge is -2.24. The summed E-state index contributed by atoms with van der Waals surface area (Å²) >= 11 is 0. The molecule has 0 fully saturated rings. The van der Waals surface area contributed by atoms with Gasteiger partial charge < -0.3 is 15.2 Å². The highest BCUT2D eigenvalue weighted by Gasteiger charge is 2.25. The monoisotopic (exact) mass is 399 g/mol. The first kappa shape index (κ1) is 18.2. The number of aromatic nitrogens is 3. The third-order valence-electron chi connectivity index (χ3n) is 5.41. The van der Waals surface area contributed by atoms with Gasteiger partial charge in [-0.05, 0) is 44.2 Å². The molecular formula is C23H21N5O2. The molecule has 0 saturated heterocycles. The maximum Gasteiger partial charge on any atom is 0.268 e. The molecule has 1 atom stereocenters. The average molecular weight is 399 g/mol. The Labute approximate surface area is 173 Å². The number of benzene rings is 2. The molecule has 0 radical (unpaired) electrons. The summed E-state index contributed by atoms with van der Waals surface area (Å²) in [6, 6.07) is 19.0. The van der Waals surface area contributed by atoms with Gasteiger partial charge >= 0.3 is 0 Å². The van der Waals surface area contributed by atoms with Gasteiger partial charge in [0.1, 0.15) is 11.5 Å². The number of anilines is 1. The van der Waals surface area contributed by atoms with Gasteiger partial charge in [0.15, 0.2) is 0 Å². The third kappa shape index (κ3) is 2.95. The van der Waals surface area contributed by atoms with Crippen LogP contribution in [0.1, 0.15) is 39.5 Å². The maximum absolute atomic E-state index is 13.0. The standard InChI is InChI=1S/C23H21N5O2/c1-14-10-21(28(26-14)18-6-4-3-5-7-18)25-22(29)17-9-8-16-11-20-23(30)24-13-15(2)27(20)19(16)12-17/h3-12,15H,13H2,1-2H3,(H,24,30)(H,25,29). The molecule has 5 rings (SSSR count). The van der Waals surface area contributed by atoms with Gasteiger partial charge in [-0.25, -0.2) is 4.68 Å². The number of hydrogen-bond donors (Lipinski definition) is 2. The Morgan fingerprint density at radius 1 is 1.13 bits per heavy atom. The van der Waals surface area contributed by atoms with E-state index in [1.54, 1.807) is 10.7 Å². The minimum absolute atomic E-state index is 0.0856. The van der Waals surface area contributed by atoms with Crippen LogP contribution < -0.4 is 10.6 Å². The third-order valence-corrected chi connectivity index (χ3v) is 5.41. The Morgan fingerprint density at radius 3 is 2.73 bits per heavy atom. The molecule has 0 saturated carbocycles. The number of nitrogens with zero attached hydrogens (tertiary/aromatic N) is 3. The van der Waals surface area contributed by atoms with Crippen molar-refractivity contribution in [3.8, 4) is 5.69 Å². The fourth-order valence-electron chi connectivity index (χ4n) is 3.98. The molecule has 0 aliphatic carbocycles. The number of carbonyl (C=O) groups is 2. The molecule has 3 heterocycles. The summed E-state index contributed by atoms with van der Waals surface area (Å²) in [5, 5.41) is 11.3. The Bertz CT molecular complexity index is 1290. The van der Waals surface area contributed by atoms with Gasteiger partial charge in [-0.1, -0.05) is 24.3 Å². The summed E-state index contributed by atoms with van der Waals surface area (Å²) in [7, 11) is 0. The van der Waals surface area contributed by atoms with Crippen LogP contribution in [0.25, 0.3) is 16.6 Å². The summed E-state index contributed by atoms with van der Waals surface area (Å²) in [4.78, 5) is 25.3. The summed E-state index contributed by atoms with van der Waals surface area (Å²) in [5.41, 5.74) is 3.72. The van der Waals surface area contributed by atoms with Gasteiger partial charge in [-0.3, -0.25) is 9.59 Å². The fourth-order valence-corrected chi connectivity index (χ4v) is 3.98. The van der Waals surface area contributed by atoms with Gasteiger partial charge in [-0.15, -0.1) is 0 Å². The van der Waals surface area contributed by atoms with Crippen molar-refractivity contribution in [1.82, 2.24) is 19.7 Å². The molecule has 0 bridgehead atoms. The molecule has 7 nitrogen and oxygen atoms in total. The van der Waals surface area contributed by atoms with E-state index >= 15 is 0 Å². The first-order valence-electron chi connectivity index (χ1n) is 9.88. The Hall–Kier alpha value is -3.87. The van der Waals surface area contributed by atoms with E-state index < -0.39 is 0 Å². The second kappa shape index (κ2) is 6.88. The van der Waals surface area contributed by atoms with Crippen LogP contribution in [0.2, 0.25) is 0 Å². The van der Waals surface area contributed by atoms with E-state index in [1.807, 2.05) is 66.1 Å². The molecule has 2 amide bonds. The predicted molar refractivity (Wildman–Crippen MR) is 115 cm³/mol. The Kier molecular flexibility index (Phi) is 4.17. The minimum Gasteiger partial charge on any atom is -0.349 e. The predicted octanol–water partition coefficient (Wildman–Crippen LogP) is 3.69. The van der Waals surface area contributed by atoms with Crippen LogP contribution in [0.5, 0.6) is 0 Å². The quantitative estimate of drug-likeness (QED) is 0.551. The highest BCUT2D eigenvalue weighted by atomic mass is 16.2. The molecule has 2 aromatic carbocycles. The van der Waals surface area contributed by atoms with Crippen molar-refractivity contribution in [1.29, 1.82) is 0 Å². The van der Waals surface area contributed by atoms with E-state index in [0.29, 0.717) is 23.6 Å². The summed E-state index contributed by atoms with van der Waals surface area (Å²) in [6.45, 7) is 4.51. The average Bonchev–Trinajstić information content (AvgIpc) is 3.32. The van der Waals surface area contributed by atoms with Gasteiger partial charge in [0.2, 0.25) is 0 Å². The Balaban J connectivity index is 1.51. The number of nitrogens with one attached hydrogen (secondary N) is 2. The zero-order valence-electron chi connectivity index (χ0n) is 16.7. The zero-order valence-corrected chi connectivity index (χ0v) is 16.7. The zero-order chi connectivity index (χ0) is 20.8. The van der Waals surface area contributed by atoms with Crippen molar-refractivity contribution in [2.24, 2.45) is 0 Å².